The number of aromatic nitrogens is 2. The lowest BCUT2D eigenvalue weighted by molar-refractivity contribution is -0.122. The van der Waals surface area contributed by atoms with Crippen molar-refractivity contribution in [3.05, 3.63) is 12.4 Å². The summed E-state index contributed by atoms with van der Waals surface area (Å²) in [6.07, 6.45) is 5.31. The lowest BCUT2D eigenvalue weighted by atomic mass is 9.77. The highest BCUT2D eigenvalue weighted by Gasteiger charge is 2.37. The summed E-state index contributed by atoms with van der Waals surface area (Å²) in [7, 11) is 1.57. The number of hydrogen-bond donors (Lipinski definition) is 3. The molecule has 0 radical (unpaired) electrons. The lowest BCUT2D eigenvalue weighted by Gasteiger charge is -2.38. The fourth-order valence-electron chi connectivity index (χ4n) is 2.61. The number of carbonyl (C=O) groups excluding carboxylic acids is 2. The van der Waals surface area contributed by atoms with Gasteiger partial charge in [-0.2, -0.15) is 5.10 Å². The fraction of sp³-hybridized carbons (Fsp3) is 0.643. The summed E-state index contributed by atoms with van der Waals surface area (Å²) in [4.78, 5) is 23.7. The number of nitrogens with one attached hydrogen (secondary N) is 3. The molecule has 1 aliphatic rings. The summed E-state index contributed by atoms with van der Waals surface area (Å²) in [5.41, 5.74) is 0.535. The molecule has 0 bridgehead atoms. The topological polar surface area (TPSA) is 88.0 Å². The van der Waals surface area contributed by atoms with Crippen molar-refractivity contribution in [2.24, 2.45) is 5.41 Å². The third-order valence-corrected chi connectivity index (χ3v) is 3.88. The quantitative estimate of drug-likeness (QED) is 0.747. The first-order valence-corrected chi connectivity index (χ1v) is 7.19. The van der Waals surface area contributed by atoms with Gasteiger partial charge in [0.05, 0.1) is 17.9 Å². The van der Waals surface area contributed by atoms with Crippen molar-refractivity contribution in [1.82, 2.24) is 20.4 Å². The van der Waals surface area contributed by atoms with Crippen LogP contribution in [0.5, 0.6) is 0 Å². The van der Waals surface area contributed by atoms with Crippen LogP contribution < -0.4 is 16.0 Å². The molecule has 1 atom stereocenters. The molecule has 2 rings (SSSR count). The molecule has 0 aliphatic carbocycles. The van der Waals surface area contributed by atoms with Crippen LogP contribution in [0.15, 0.2) is 12.4 Å². The third-order valence-electron chi connectivity index (χ3n) is 3.88. The van der Waals surface area contributed by atoms with Gasteiger partial charge in [-0.05, 0) is 24.8 Å². The summed E-state index contributed by atoms with van der Waals surface area (Å²) in [6.45, 7) is 5.19. The monoisotopic (exact) mass is 293 g/mol. The molecule has 7 heteroatoms. The minimum absolute atomic E-state index is 0.0563. The molecule has 21 heavy (non-hydrogen) atoms. The predicted octanol–water partition coefficient (Wildman–Crippen LogP) is 0.346. The maximum absolute atomic E-state index is 12.4. The number of likely N-dealkylation sites (N-methyl/N-ethyl adjacent to an activating group) is 1. The van der Waals surface area contributed by atoms with Gasteiger partial charge in [0.15, 0.2) is 0 Å². The van der Waals surface area contributed by atoms with E-state index in [2.05, 4.69) is 34.9 Å². The Labute approximate surface area is 124 Å². The number of hydrogen-bond acceptors (Lipinski definition) is 4. The molecule has 1 saturated heterocycles. The number of carbonyl (C=O) groups is 2. The van der Waals surface area contributed by atoms with Crippen LogP contribution in [0.4, 0.5) is 5.69 Å². The van der Waals surface area contributed by atoms with E-state index in [1.165, 1.54) is 4.68 Å². The standard InChI is InChI=1S/C14H23N5O2/c1-14(2)5-4-6-16-12(14)13(21)18-10-7-17-19(8-10)9-11(20)15-3/h7-8,12,16H,4-6,9H2,1-3H3,(H,15,20)(H,18,21). The zero-order valence-electron chi connectivity index (χ0n) is 12.8. The molecule has 0 saturated carbocycles. The largest absolute Gasteiger partial charge is 0.358 e. The average Bonchev–Trinajstić information content (AvgIpc) is 2.85. The Hall–Kier alpha value is -1.89. The molecular weight excluding hydrogens is 270 g/mol. The highest BCUT2D eigenvalue weighted by atomic mass is 16.2. The third kappa shape index (κ3) is 3.81. The first kappa shape index (κ1) is 15.5. The van der Waals surface area contributed by atoms with Gasteiger partial charge >= 0.3 is 0 Å². The van der Waals surface area contributed by atoms with Gasteiger partial charge in [0.2, 0.25) is 11.8 Å². The normalized spacial score (nSPS) is 20.8. The van der Waals surface area contributed by atoms with E-state index in [0.717, 1.165) is 19.4 Å². The van der Waals surface area contributed by atoms with Crippen molar-refractivity contribution in [2.75, 3.05) is 18.9 Å². The van der Waals surface area contributed by atoms with E-state index in [1.54, 1.807) is 19.4 Å². The Morgan fingerprint density at radius 1 is 1.52 bits per heavy atom. The maximum Gasteiger partial charge on any atom is 0.242 e. The summed E-state index contributed by atoms with van der Waals surface area (Å²) < 4.78 is 1.49. The molecular formula is C14H23N5O2. The highest BCUT2D eigenvalue weighted by molar-refractivity contribution is 5.95. The van der Waals surface area contributed by atoms with Crippen LogP contribution in [-0.2, 0) is 16.1 Å². The van der Waals surface area contributed by atoms with Gasteiger partial charge in [-0.25, -0.2) is 0 Å². The molecule has 2 amide bonds. The van der Waals surface area contributed by atoms with E-state index < -0.39 is 0 Å². The smallest absolute Gasteiger partial charge is 0.242 e. The van der Waals surface area contributed by atoms with E-state index in [4.69, 9.17) is 0 Å². The molecule has 1 aromatic rings. The van der Waals surface area contributed by atoms with Crippen LogP contribution >= 0.6 is 0 Å². The Bertz CT molecular complexity index is 523. The summed E-state index contributed by atoms with van der Waals surface area (Å²) in [5.74, 6) is -0.190. The number of amides is 2. The van der Waals surface area contributed by atoms with Crippen molar-refractivity contribution >= 4 is 17.5 Å². The minimum Gasteiger partial charge on any atom is -0.358 e. The molecule has 1 aromatic heterocycles. The van der Waals surface area contributed by atoms with Crippen LogP contribution in [-0.4, -0.2) is 41.2 Å². The van der Waals surface area contributed by atoms with E-state index in [1.807, 2.05) is 0 Å². The van der Waals surface area contributed by atoms with Crippen molar-refractivity contribution in [3.8, 4) is 0 Å². The van der Waals surface area contributed by atoms with Crippen molar-refractivity contribution < 1.29 is 9.59 Å². The fourth-order valence-corrected chi connectivity index (χ4v) is 2.61. The first-order chi connectivity index (χ1) is 9.92. The Morgan fingerprint density at radius 3 is 2.95 bits per heavy atom. The Morgan fingerprint density at radius 2 is 2.29 bits per heavy atom. The number of nitrogens with zero attached hydrogens (tertiary/aromatic N) is 2. The lowest BCUT2D eigenvalue weighted by Crippen LogP contribution is -2.53. The molecule has 1 fully saturated rings. The average molecular weight is 293 g/mol. The maximum atomic E-state index is 12.4. The van der Waals surface area contributed by atoms with E-state index >= 15 is 0 Å². The second kappa shape index (κ2) is 6.26. The molecule has 0 spiro atoms. The van der Waals surface area contributed by atoms with Crippen LogP contribution in [0.3, 0.4) is 0 Å². The summed E-state index contributed by atoms with van der Waals surface area (Å²) in [6, 6.07) is -0.214. The molecule has 0 aromatic carbocycles. The highest BCUT2D eigenvalue weighted by Crippen LogP contribution is 2.30. The molecule has 116 valence electrons. The van der Waals surface area contributed by atoms with Crippen molar-refractivity contribution in [3.63, 3.8) is 0 Å². The van der Waals surface area contributed by atoms with Crippen LogP contribution in [0.1, 0.15) is 26.7 Å². The van der Waals surface area contributed by atoms with E-state index in [-0.39, 0.29) is 29.8 Å². The summed E-state index contributed by atoms with van der Waals surface area (Å²) in [5, 5.41) is 12.7. The van der Waals surface area contributed by atoms with E-state index in [9.17, 15) is 9.59 Å². The molecule has 1 unspecified atom stereocenters. The Balaban J connectivity index is 1.98. The SMILES string of the molecule is CNC(=O)Cn1cc(NC(=O)C2NCCCC2(C)C)cn1. The second-order valence-electron chi connectivity index (χ2n) is 6.07. The zero-order chi connectivity index (χ0) is 15.5. The van der Waals surface area contributed by atoms with Gasteiger partial charge in [0, 0.05) is 13.2 Å². The molecule has 7 nitrogen and oxygen atoms in total. The zero-order valence-corrected chi connectivity index (χ0v) is 12.8. The minimum atomic E-state index is -0.214. The van der Waals surface area contributed by atoms with Crippen LogP contribution in [0.2, 0.25) is 0 Å². The van der Waals surface area contributed by atoms with Crippen molar-refractivity contribution in [2.45, 2.75) is 39.3 Å². The molecule has 1 aliphatic heterocycles. The second-order valence-corrected chi connectivity index (χ2v) is 6.07. The van der Waals surface area contributed by atoms with Crippen molar-refractivity contribution in [1.29, 1.82) is 0 Å². The first-order valence-electron chi connectivity index (χ1n) is 7.19. The number of rotatable bonds is 4. The van der Waals surface area contributed by atoms with Crippen LogP contribution in [0.25, 0.3) is 0 Å². The molecule has 3 N–H and O–H groups in total. The number of piperidine rings is 1. The van der Waals surface area contributed by atoms with Gasteiger partial charge in [-0.15, -0.1) is 0 Å². The van der Waals surface area contributed by atoms with Gasteiger partial charge in [0.1, 0.15) is 6.54 Å². The van der Waals surface area contributed by atoms with Crippen LogP contribution in [0, 0.1) is 5.41 Å². The van der Waals surface area contributed by atoms with E-state index in [0.29, 0.717) is 5.69 Å². The van der Waals surface area contributed by atoms with Gasteiger partial charge in [-0.1, -0.05) is 13.8 Å². The Kier molecular flexibility index (Phi) is 4.62. The molecule has 2 heterocycles. The predicted molar refractivity (Wildman–Crippen MR) is 79.7 cm³/mol. The van der Waals surface area contributed by atoms with Gasteiger partial charge in [-0.3, -0.25) is 14.3 Å². The number of anilines is 1. The summed E-state index contributed by atoms with van der Waals surface area (Å²) >= 11 is 0. The van der Waals surface area contributed by atoms with Gasteiger partial charge in [0.25, 0.3) is 0 Å². The van der Waals surface area contributed by atoms with Gasteiger partial charge < -0.3 is 16.0 Å².